The van der Waals surface area contributed by atoms with Gasteiger partial charge < -0.3 is 15.0 Å². The Morgan fingerprint density at radius 1 is 1.16 bits per heavy atom. The largest absolute Gasteiger partial charge is 0.449 e. The number of pyridine rings is 1. The summed E-state index contributed by atoms with van der Waals surface area (Å²) >= 11 is 0. The van der Waals surface area contributed by atoms with Crippen LogP contribution in [0, 0.1) is 6.92 Å². The summed E-state index contributed by atoms with van der Waals surface area (Å²) < 4.78 is 5.43. The van der Waals surface area contributed by atoms with Gasteiger partial charge in [-0.3, -0.25) is 9.78 Å². The van der Waals surface area contributed by atoms with E-state index in [-0.39, 0.29) is 5.91 Å². The number of para-hydroxylation sites is 1. The fourth-order valence-corrected chi connectivity index (χ4v) is 3.49. The van der Waals surface area contributed by atoms with Gasteiger partial charge in [-0.05, 0) is 61.7 Å². The first kappa shape index (κ1) is 21.2. The molecule has 1 amide bonds. The van der Waals surface area contributed by atoms with Gasteiger partial charge in [-0.2, -0.15) is 0 Å². The van der Waals surface area contributed by atoms with Crippen molar-refractivity contribution in [2.45, 2.75) is 33.3 Å². The summed E-state index contributed by atoms with van der Waals surface area (Å²) in [5, 5.41) is 2.90. The quantitative estimate of drug-likeness (QED) is 0.435. The minimum absolute atomic E-state index is 0.337. The number of carbonyl (C=O) groups excluding carboxylic acids is 2. The Labute approximate surface area is 185 Å². The zero-order valence-electron chi connectivity index (χ0n) is 18.2. The fraction of sp³-hybridized carbons (Fsp3) is 0.200. The van der Waals surface area contributed by atoms with Crippen LogP contribution in [0.2, 0.25) is 0 Å². The van der Waals surface area contributed by atoms with Crippen LogP contribution in [0.3, 0.4) is 0 Å². The van der Waals surface area contributed by atoms with E-state index in [9.17, 15) is 9.59 Å². The summed E-state index contributed by atoms with van der Waals surface area (Å²) in [7, 11) is 0. The van der Waals surface area contributed by atoms with Gasteiger partial charge >= 0.3 is 5.97 Å². The van der Waals surface area contributed by atoms with Crippen LogP contribution in [0.1, 0.15) is 35.3 Å². The Morgan fingerprint density at radius 2 is 2.00 bits per heavy atom. The Balaban J connectivity index is 1.48. The maximum absolute atomic E-state index is 12.7. The molecule has 0 aliphatic heterocycles. The highest BCUT2D eigenvalue weighted by molar-refractivity contribution is 5.99. The van der Waals surface area contributed by atoms with Crippen molar-refractivity contribution in [3.63, 3.8) is 0 Å². The predicted molar refractivity (Wildman–Crippen MR) is 123 cm³/mol. The summed E-state index contributed by atoms with van der Waals surface area (Å²) in [6.07, 6.45) is 3.25. The Bertz CT molecular complexity index is 1280. The normalized spacial score (nSPS) is 11.8. The molecular weight excluding hydrogens is 404 g/mol. The molecule has 0 saturated carbocycles. The van der Waals surface area contributed by atoms with Gasteiger partial charge in [0, 0.05) is 23.6 Å². The lowest BCUT2D eigenvalue weighted by atomic mass is 10.1. The Hall–Kier alpha value is -4.00. The van der Waals surface area contributed by atoms with Crippen molar-refractivity contribution in [3.05, 3.63) is 77.6 Å². The van der Waals surface area contributed by atoms with Gasteiger partial charge in [0.15, 0.2) is 6.10 Å². The summed E-state index contributed by atoms with van der Waals surface area (Å²) in [4.78, 5) is 37.2. The summed E-state index contributed by atoms with van der Waals surface area (Å²) in [5.74, 6) is -0.285. The van der Waals surface area contributed by atoms with E-state index >= 15 is 0 Å². The first-order chi connectivity index (χ1) is 15.5. The van der Waals surface area contributed by atoms with Crippen molar-refractivity contribution in [2.24, 2.45) is 0 Å². The topological polar surface area (TPSA) is 97.0 Å². The van der Waals surface area contributed by atoms with E-state index in [1.165, 1.54) is 0 Å². The van der Waals surface area contributed by atoms with Crippen molar-refractivity contribution in [1.29, 1.82) is 0 Å². The Morgan fingerprint density at radius 3 is 2.75 bits per heavy atom. The second-order valence-corrected chi connectivity index (χ2v) is 7.56. The molecule has 2 N–H and O–H groups in total. The molecule has 0 radical (unpaired) electrons. The molecule has 1 unspecified atom stereocenters. The molecule has 0 aliphatic carbocycles. The molecule has 0 fully saturated rings. The summed E-state index contributed by atoms with van der Waals surface area (Å²) in [6, 6.07) is 14.7. The second-order valence-electron chi connectivity index (χ2n) is 7.56. The number of benzene rings is 2. The number of ether oxygens (including phenoxy) is 1. The van der Waals surface area contributed by atoms with Crippen LogP contribution in [-0.4, -0.2) is 32.9 Å². The lowest BCUT2D eigenvalue weighted by molar-refractivity contribution is -0.123. The molecule has 2 aromatic carbocycles. The molecule has 162 valence electrons. The molecule has 0 spiro atoms. The average Bonchev–Trinajstić information content (AvgIpc) is 3.24. The molecule has 2 aromatic heterocycles. The number of aromatic nitrogens is 3. The minimum atomic E-state index is -0.949. The van der Waals surface area contributed by atoms with Gasteiger partial charge in [0.2, 0.25) is 0 Å². The van der Waals surface area contributed by atoms with Crippen LogP contribution in [-0.2, 0) is 16.0 Å². The van der Waals surface area contributed by atoms with Gasteiger partial charge in [0.25, 0.3) is 5.91 Å². The van der Waals surface area contributed by atoms with Crippen molar-refractivity contribution < 1.29 is 14.3 Å². The molecule has 0 saturated heterocycles. The monoisotopic (exact) mass is 428 g/mol. The summed E-state index contributed by atoms with van der Waals surface area (Å²) in [5.41, 5.74) is 5.37. The minimum Gasteiger partial charge on any atom is -0.449 e. The second kappa shape index (κ2) is 9.01. The van der Waals surface area contributed by atoms with Crippen LogP contribution >= 0.6 is 0 Å². The molecule has 4 aromatic rings. The van der Waals surface area contributed by atoms with Crippen molar-refractivity contribution in [3.8, 4) is 11.4 Å². The van der Waals surface area contributed by atoms with Gasteiger partial charge in [0.05, 0.1) is 16.6 Å². The molecule has 32 heavy (non-hydrogen) atoms. The zero-order valence-corrected chi connectivity index (χ0v) is 18.2. The number of rotatable bonds is 6. The predicted octanol–water partition coefficient (Wildman–Crippen LogP) is 4.68. The number of hydrogen-bond acceptors (Lipinski definition) is 5. The van der Waals surface area contributed by atoms with Crippen LogP contribution in [0.15, 0.2) is 60.9 Å². The molecule has 0 aliphatic rings. The van der Waals surface area contributed by atoms with E-state index < -0.39 is 12.1 Å². The number of H-pyrrole nitrogens is 1. The number of anilines is 1. The third-order valence-electron chi connectivity index (χ3n) is 5.29. The SMILES string of the molecule is CCc1cccc(C)c1NC(=O)C(C)OC(=O)c1ccc2nc(-c3cccnc3)[nH]c2c1. The maximum Gasteiger partial charge on any atom is 0.338 e. The van der Waals surface area contributed by atoms with E-state index in [4.69, 9.17) is 4.74 Å². The van der Waals surface area contributed by atoms with Crippen LogP contribution in [0.5, 0.6) is 0 Å². The number of amides is 1. The smallest absolute Gasteiger partial charge is 0.338 e. The van der Waals surface area contributed by atoms with Crippen molar-refractivity contribution in [2.75, 3.05) is 5.32 Å². The number of imidazole rings is 1. The first-order valence-corrected chi connectivity index (χ1v) is 10.5. The van der Waals surface area contributed by atoms with Gasteiger partial charge in [-0.15, -0.1) is 0 Å². The van der Waals surface area contributed by atoms with Gasteiger partial charge in [-0.25, -0.2) is 9.78 Å². The van der Waals surface area contributed by atoms with Crippen LogP contribution in [0.25, 0.3) is 22.4 Å². The Kier molecular flexibility index (Phi) is 5.98. The van der Waals surface area contributed by atoms with Gasteiger partial charge in [-0.1, -0.05) is 25.1 Å². The van der Waals surface area contributed by atoms with E-state index in [0.29, 0.717) is 16.9 Å². The van der Waals surface area contributed by atoms with E-state index in [1.807, 2.05) is 44.2 Å². The number of esters is 1. The van der Waals surface area contributed by atoms with Crippen LogP contribution < -0.4 is 5.32 Å². The zero-order chi connectivity index (χ0) is 22.7. The lowest BCUT2D eigenvalue weighted by Crippen LogP contribution is -2.30. The highest BCUT2D eigenvalue weighted by atomic mass is 16.5. The van der Waals surface area contributed by atoms with Crippen molar-refractivity contribution in [1.82, 2.24) is 15.0 Å². The van der Waals surface area contributed by atoms with E-state index in [1.54, 1.807) is 37.5 Å². The number of nitrogens with zero attached hydrogens (tertiary/aromatic N) is 2. The molecule has 7 nitrogen and oxygen atoms in total. The third-order valence-corrected chi connectivity index (χ3v) is 5.29. The first-order valence-electron chi connectivity index (χ1n) is 10.5. The fourth-order valence-electron chi connectivity index (χ4n) is 3.49. The number of aryl methyl sites for hydroxylation is 2. The molecule has 2 heterocycles. The highest BCUT2D eigenvalue weighted by Gasteiger charge is 2.21. The van der Waals surface area contributed by atoms with Crippen molar-refractivity contribution >= 4 is 28.6 Å². The molecular formula is C25H24N4O3. The van der Waals surface area contributed by atoms with Crippen LogP contribution in [0.4, 0.5) is 5.69 Å². The molecule has 0 bridgehead atoms. The summed E-state index contributed by atoms with van der Waals surface area (Å²) in [6.45, 7) is 5.52. The molecule has 1 atom stereocenters. The number of hydrogen-bond donors (Lipinski definition) is 2. The lowest BCUT2D eigenvalue weighted by Gasteiger charge is -2.17. The number of fused-ring (bicyclic) bond motifs is 1. The third kappa shape index (κ3) is 4.37. The maximum atomic E-state index is 12.7. The standard InChI is InChI=1S/C25H24N4O3/c1-4-17-8-5-7-15(2)22(17)29-24(30)16(3)32-25(31)18-10-11-20-21(13-18)28-23(27-20)19-9-6-12-26-14-19/h5-14,16H,4H2,1-3H3,(H,27,28)(H,29,30). The number of carbonyl (C=O) groups is 2. The molecule has 4 rings (SSSR count). The average molecular weight is 428 g/mol. The van der Waals surface area contributed by atoms with Gasteiger partial charge in [0.1, 0.15) is 5.82 Å². The van der Waals surface area contributed by atoms with E-state index in [0.717, 1.165) is 34.3 Å². The molecule has 7 heteroatoms. The highest BCUT2D eigenvalue weighted by Crippen LogP contribution is 2.23. The van der Waals surface area contributed by atoms with E-state index in [2.05, 4.69) is 20.3 Å². The number of aromatic amines is 1. The number of nitrogens with one attached hydrogen (secondary N) is 2.